The van der Waals surface area contributed by atoms with Gasteiger partial charge in [0.2, 0.25) is 0 Å². The van der Waals surface area contributed by atoms with Crippen LogP contribution in [0.3, 0.4) is 0 Å². The van der Waals surface area contributed by atoms with Gasteiger partial charge in [-0.3, -0.25) is 0 Å². The van der Waals surface area contributed by atoms with Crippen LogP contribution in [0.1, 0.15) is 34.5 Å². The molecule has 0 heterocycles. The fraction of sp³-hybridized carbons (Fsp3) is 0.188. The first kappa shape index (κ1) is 14.8. The fourth-order valence-electron chi connectivity index (χ4n) is 2.08. The van der Waals surface area contributed by atoms with E-state index in [1.807, 2.05) is 36.4 Å². The van der Waals surface area contributed by atoms with Crippen molar-refractivity contribution in [2.45, 2.75) is 19.5 Å². The Morgan fingerprint density at radius 1 is 1.20 bits per heavy atom. The van der Waals surface area contributed by atoms with Gasteiger partial charge >= 0.3 is 5.97 Å². The van der Waals surface area contributed by atoms with Gasteiger partial charge in [0.25, 0.3) is 0 Å². The first-order chi connectivity index (χ1) is 9.59. The minimum atomic E-state index is -0.893. The molecule has 2 N–H and O–H groups in total. The Bertz CT molecular complexity index is 613. The van der Waals surface area contributed by atoms with Crippen molar-refractivity contribution in [3.8, 4) is 0 Å². The Hall–Kier alpha value is -1.65. The number of hydrogen-bond donors (Lipinski definition) is 2. The number of carboxylic acid groups (broad SMARTS) is 1. The van der Waals surface area contributed by atoms with E-state index in [1.165, 1.54) is 0 Å². The summed E-state index contributed by atoms with van der Waals surface area (Å²) in [6.07, 6.45) is 0. The number of benzene rings is 2. The minimum Gasteiger partial charge on any atom is -0.478 e. The second kappa shape index (κ2) is 6.68. The highest BCUT2D eigenvalue weighted by atomic mass is 79.9. The fourth-order valence-corrected chi connectivity index (χ4v) is 2.71. The third-order valence-corrected chi connectivity index (χ3v) is 3.94. The second-order valence-corrected chi connectivity index (χ2v) is 5.44. The summed E-state index contributed by atoms with van der Waals surface area (Å²) in [6, 6.07) is 15.2. The van der Waals surface area contributed by atoms with Gasteiger partial charge in [-0.25, -0.2) is 4.79 Å². The molecule has 0 spiro atoms. The van der Waals surface area contributed by atoms with Crippen LogP contribution >= 0.6 is 15.9 Å². The summed E-state index contributed by atoms with van der Waals surface area (Å²) in [6.45, 7) is 2.58. The predicted octanol–water partition coefficient (Wildman–Crippen LogP) is 4.00. The normalized spacial score (nSPS) is 12.1. The van der Waals surface area contributed by atoms with Crippen molar-refractivity contribution < 1.29 is 9.90 Å². The van der Waals surface area contributed by atoms with Crippen LogP contribution in [0, 0.1) is 0 Å². The molecule has 1 atom stereocenters. The molecule has 104 valence electrons. The van der Waals surface area contributed by atoms with Crippen molar-refractivity contribution in [2.24, 2.45) is 0 Å². The van der Waals surface area contributed by atoms with Gasteiger partial charge in [-0.15, -0.1) is 0 Å². The number of carbonyl (C=O) groups is 1. The van der Waals surface area contributed by atoms with Crippen LogP contribution in [0.25, 0.3) is 0 Å². The molecule has 0 aliphatic heterocycles. The van der Waals surface area contributed by atoms with E-state index in [1.54, 1.807) is 12.1 Å². The van der Waals surface area contributed by atoms with Gasteiger partial charge in [0.05, 0.1) is 5.56 Å². The lowest BCUT2D eigenvalue weighted by Crippen LogP contribution is -2.20. The molecule has 2 rings (SSSR count). The van der Waals surface area contributed by atoms with E-state index in [2.05, 4.69) is 28.2 Å². The molecule has 0 unspecified atom stereocenters. The summed E-state index contributed by atoms with van der Waals surface area (Å²) < 4.78 is 1.05. The highest BCUT2D eigenvalue weighted by Crippen LogP contribution is 2.23. The summed E-state index contributed by atoms with van der Waals surface area (Å²) in [5, 5.41) is 12.5. The number of carboxylic acids is 1. The van der Waals surface area contributed by atoms with Gasteiger partial charge in [-0.1, -0.05) is 52.3 Å². The molecular weight excluding hydrogens is 318 g/mol. The predicted molar refractivity (Wildman–Crippen MR) is 82.8 cm³/mol. The molecule has 0 bridgehead atoms. The lowest BCUT2D eigenvalue weighted by atomic mass is 10.1. The molecule has 2 aromatic rings. The average molecular weight is 334 g/mol. The summed E-state index contributed by atoms with van der Waals surface area (Å²) in [5.41, 5.74) is 2.29. The zero-order valence-electron chi connectivity index (χ0n) is 11.1. The zero-order valence-corrected chi connectivity index (χ0v) is 12.7. The molecule has 0 saturated carbocycles. The lowest BCUT2D eigenvalue weighted by Gasteiger charge is -2.16. The van der Waals surface area contributed by atoms with Crippen molar-refractivity contribution in [1.82, 2.24) is 5.32 Å². The van der Waals surface area contributed by atoms with Crippen molar-refractivity contribution in [2.75, 3.05) is 0 Å². The van der Waals surface area contributed by atoms with E-state index in [-0.39, 0.29) is 6.04 Å². The zero-order chi connectivity index (χ0) is 14.5. The highest BCUT2D eigenvalue weighted by molar-refractivity contribution is 9.10. The largest absolute Gasteiger partial charge is 0.478 e. The van der Waals surface area contributed by atoms with E-state index in [9.17, 15) is 4.79 Å². The Kier molecular flexibility index (Phi) is 4.93. The van der Waals surface area contributed by atoms with E-state index < -0.39 is 5.97 Å². The summed E-state index contributed by atoms with van der Waals surface area (Å²) in [4.78, 5) is 11.2. The van der Waals surface area contributed by atoms with Crippen molar-refractivity contribution in [1.29, 1.82) is 0 Å². The monoisotopic (exact) mass is 333 g/mol. The molecule has 0 radical (unpaired) electrons. The third kappa shape index (κ3) is 3.46. The van der Waals surface area contributed by atoms with Gasteiger partial charge in [0.15, 0.2) is 0 Å². The van der Waals surface area contributed by atoms with Crippen molar-refractivity contribution in [3.63, 3.8) is 0 Å². The molecule has 2 aromatic carbocycles. The standard InChI is InChI=1S/C16H16BrNO2/c1-11(13-7-4-5-9-15(13)17)18-10-12-6-2-3-8-14(12)16(19)20/h2-9,11,18H,10H2,1H3,(H,19,20)/t11-/m0/s1. The summed E-state index contributed by atoms with van der Waals surface area (Å²) in [7, 11) is 0. The van der Waals surface area contributed by atoms with Gasteiger partial charge in [-0.2, -0.15) is 0 Å². The molecule has 3 nitrogen and oxygen atoms in total. The Balaban J connectivity index is 2.10. The van der Waals surface area contributed by atoms with Gasteiger partial charge in [0, 0.05) is 17.1 Å². The number of aromatic carboxylic acids is 1. The molecule has 0 amide bonds. The van der Waals surface area contributed by atoms with Crippen LogP contribution in [0.4, 0.5) is 0 Å². The lowest BCUT2D eigenvalue weighted by molar-refractivity contribution is 0.0695. The number of halogens is 1. The van der Waals surface area contributed by atoms with Crippen molar-refractivity contribution in [3.05, 3.63) is 69.7 Å². The maximum atomic E-state index is 11.2. The van der Waals surface area contributed by atoms with Crippen LogP contribution in [0.15, 0.2) is 53.0 Å². The molecule has 0 aliphatic carbocycles. The van der Waals surface area contributed by atoms with Gasteiger partial charge < -0.3 is 10.4 Å². The first-order valence-electron chi connectivity index (χ1n) is 6.38. The average Bonchev–Trinajstić information content (AvgIpc) is 2.45. The van der Waals surface area contributed by atoms with Crippen LogP contribution in [-0.4, -0.2) is 11.1 Å². The molecule has 0 aromatic heterocycles. The van der Waals surface area contributed by atoms with Gasteiger partial charge in [-0.05, 0) is 30.2 Å². The number of nitrogens with one attached hydrogen (secondary N) is 1. The SMILES string of the molecule is C[C@H](NCc1ccccc1C(=O)O)c1ccccc1Br. The van der Waals surface area contributed by atoms with Gasteiger partial charge in [0.1, 0.15) is 0 Å². The van der Waals surface area contributed by atoms with E-state index >= 15 is 0 Å². The quantitative estimate of drug-likeness (QED) is 0.869. The second-order valence-electron chi connectivity index (χ2n) is 4.59. The van der Waals surface area contributed by atoms with Crippen LogP contribution < -0.4 is 5.32 Å². The Labute approximate surface area is 126 Å². The van der Waals surface area contributed by atoms with E-state index in [0.717, 1.165) is 15.6 Å². The number of hydrogen-bond acceptors (Lipinski definition) is 2. The first-order valence-corrected chi connectivity index (χ1v) is 7.18. The maximum absolute atomic E-state index is 11.2. The third-order valence-electron chi connectivity index (χ3n) is 3.22. The Morgan fingerprint density at radius 3 is 2.55 bits per heavy atom. The minimum absolute atomic E-state index is 0.132. The van der Waals surface area contributed by atoms with E-state index in [4.69, 9.17) is 5.11 Å². The van der Waals surface area contributed by atoms with Crippen LogP contribution in [0.2, 0.25) is 0 Å². The maximum Gasteiger partial charge on any atom is 0.336 e. The molecule has 4 heteroatoms. The van der Waals surface area contributed by atoms with Crippen LogP contribution in [-0.2, 0) is 6.54 Å². The molecular formula is C16H16BrNO2. The highest BCUT2D eigenvalue weighted by Gasteiger charge is 2.12. The van der Waals surface area contributed by atoms with Crippen LogP contribution in [0.5, 0.6) is 0 Å². The van der Waals surface area contributed by atoms with Crippen molar-refractivity contribution >= 4 is 21.9 Å². The molecule has 0 aliphatic rings. The summed E-state index contributed by atoms with van der Waals surface area (Å²) >= 11 is 3.53. The summed E-state index contributed by atoms with van der Waals surface area (Å²) in [5.74, 6) is -0.893. The smallest absolute Gasteiger partial charge is 0.336 e. The molecule has 20 heavy (non-hydrogen) atoms. The molecule has 0 saturated heterocycles. The van der Waals surface area contributed by atoms with E-state index in [0.29, 0.717) is 12.1 Å². The number of rotatable bonds is 5. The molecule has 0 fully saturated rings. The topological polar surface area (TPSA) is 49.3 Å². The Morgan fingerprint density at radius 2 is 1.85 bits per heavy atom.